The molecule has 5 nitrogen and oxygen atoms in total. The molecular formula is C23H19ClFNO4. The highest BCUT2D eigenvalue weighted by atomic mass is 35.5. The third-order valence-electron chi connectivity index (χ3n) is 4.16. The number of carbonyl (C=O) groups is 2. The molecule has 3 aromatic rings. The number of halogens is 2. The van der Waals surface area contributed by atoms with Gasteiger partial charge in [-0.15, -0.1) is 0 Å². The van der Waals surface area contributed by atoms with E-state index in [4.69, 9.17) is 21.1 Å². The molecule has 0 saturated carbocycles. The van der Waals surface area contributed by atoms with Gasteiger partial charge in [0.1, 0.15) is 18.2 Å². The molecule has 0 atom stereocenters. The van der Waals surface area contributed by atoms with Gasteiger partial charge in [0, 0.05) is 10.6 Å². The predicted molar refractivity (Wildman–Crippen MR) is 113 cm³/mol. The lowest BCUT2D eigenvalue weighted by Gasteiger charge is -2.13. The summed E-state index contributed by atoms with van der Waals surface area (Å²) in [6.07, 6.45) is 0. The monoisotopic (exact) mass is 427 g/mol. The first kappa shape index (κ1) is 21.3. The first-order chi connectivity index (χ1) is 14.5. The number of hydrogen-bond donors (Lipinski definition) is 1. The van der Waals surface area contributed by atoms with Crippen LogP contribution in [0.5, 0.6) is 5.75 Å². The molecule has 3 aromatic carbocycles. The van der Waals surface area contributed by atoms with Crippen molar-refractivity contribution in [1.29, 1.82) is 0 Å². The Morgan fingerprint density at radius 2 is 1.63 bits per heavy atom. The second-order valence-electron chi connectivity index (χ2n) is 6.31. The van der Waals surface area contributed by atoms with Crippen LogP contribution in [0.25, 0.3) is 0 Å². The van der Waals surface area contributed by atoms with Gasteiger partial charge in [0.15, 0.2) is 0 Å². The molecule has 0 aliphatic carbocycles. The molecule has 30 heavy (non-hydrogen) atoms. The largest absolute Gasteiger partial charge is 0.487 e. The standard InChI is InChI=1S/C23H19ClFNO4/c1-2-29-23(28)17-5-3-15(4-6-17)14-30-21-12-9-18(24)13-20(21)26-22(27)16-7-10-19(25)11-8-16/h3-13H,2,14H2,1H3,(H,26,27). The number of amides is 1. The molecular weight excluding hydrogens is 409 g/mol. The molecule has 1 amide bonds. The zero-order chi connectivity index (χ0) is 21.5. The van der Waals surface area contributed by atoms with Crippen LogP contribution < -0.4 is 10.1 Å². The number of anilines is 1. The maximum Gasteiger partial charge on any atom is 0.338 e. The van der Waals surface area contributed by atoms with Crippen molar-refractivity contribution < 1.29 is 23.5 Å². The lowest BCUT2D eigenvalue weighted by Crippen LogP contribution is -2.13. The molecule has 0 aromatic heterocycles. The molecule has 0 fully saturated rings. The SMILES string of the molecule is CCOC(=O)c1ccc(COc2ccc(Cl)cc2NC(=O)c2ccc(F)cc2)cc1. The lowest BCUT2D eigenvalue weighted by atomic mass is 10.1. The molecule has 7 heteroatoms. The predicted octanol–water partition coefficient (Wildman–Crippen LogP) is 5.49. The minimum Gasteiger partial charge on any atom is -0.487 e. The molecule has 0 saturated heterocycles. The van der Waals surface area contributed by atoms with Crippen molar-refractivity contribution >= 4 is 29.2 Å². The number of carbonyl (C=O) groups excluding carboxylic acids is 2. The summed E-state index contributed by atoms with van der Waals surface area (Å²) < 4.78 is 23.9. The van der Waals surface area contributed by atoms with Crippen LogP contribution in [0.2, 0.25) is 5.02 Å². The summed E-state index contributed by atoms with van der Waals surface area (Å²) in [4.78, 5) is 24.2. The van der Waals surface area contributed by atoms with Crippen LogP contribution in [0.3, 0.4) is 0 Å². The van der Waals surface area contributed by atoms with Crippen molar-refractivity contribution in [3.8, 4) is 5.75 Å². The molecule has 3 rings (SSSR count). The highest BCUT2D eigenvalue weighted by molar-refractivity contribution is 6.31. The molecule has 0 bridgehead atoms. The summed E-state index contributed by atoms with van der Waals surface area (Å²) in [5.41, 5.74) is 1.98. The van der Waals surface area contributed by atoms with Crippen LogP contribution in [-0.4, -0.2) is 18.5 Å². The number of hydrogen-bond acceptors (Lipinski definition) is 4. The van der Waals surface area contributed by atoms with E-state index in [1.54, 1.807) is 49.4 Å². The van der Waals surface area contributed by atoms with Gasteiger partial charge in [-0.3, -0.25) is 4.79 Å². The van der Waals surface area contributed by atoms with Gasteiger partial charge < -0.3 is 14.8 Å². The molecule has 0 aliphatic rings. The topological polar surface area (TPSA) is 64.6 Å². The van der Waals surface area contributed by atoms with Gasteiger partial charge in [0.2, 0.25) is 0 Å². The fourth-order valence-corrected chi connectivity index (χ4v) is 2.81. The number of ether oxygens (including phenoxy) is 2. The van der Waals surface area contributed by atoms with Gasteiger partial charge in [-0.25, -0.2) is 9.18 Å². The van der Waals surface area contributed by atoms with E-state index in [-0.39, 0.29) is 12.6 Å². The van der Waals surface area contributed by atoms with Gasteiger partial charge in [0.25, 0.3) is 5.91 Å². The average Bonchev–Trinajstić information content (AvgIpc) is 2.74. The summed E-state index contributed by atoms with van der Waals surface area (Å²) in [6.45, 7) is 2.27. The summed E-state index contributed by atoms with van der Waals surface area (Å²) in [7, 11) is 0. The molecule has 0 radical (unpaired) electrons. The van der Waals surface area contributed by atoms with Crippen molar-refractivity contribution in [2.24, 2.45) is 0 Å². The van der Waals surface area contributed by atoms with Gasteiger partial charge in [0.05, 0.1) is 17.9 Å². The van der Waals surface area contributed by atoms with E-state index in [2.05, 4.69) is 5.32 Å². The highest BCUT2D eigenvalue weighted by Crippen LogP contribution is 2.29. The Balaban J connectivity index is 1.70. The van der Waals surface area contributed by atoms with Crippen LogP contribution in [0.4, 0.5) is 10.1 Å². The van der Waals surface area contributed by atoms with E-state index >= 15 is 0 Å². The number of esters is 1. The zero-order valence-electron chi connectivity index (χ0n) is 16.2. The molecule has 0 spiro atoms. The third-order valence-corrected chi connectivity index (χ3v) is 4.39. The van der Waals surface area contributed by atoms with E-state index in [1.165, 1.54) is 24.3 Å². The Bertz CT molecular complexity index is 1040. The van der Waals surface area contributed by atoms with Gasteiger partial charge in [-0.2, -0.15) is 0 Å². The smallest absolute Gasteiger partial charge is 0.338 e. The summed E-state index contributed by atoms with van der Waals surface area (Å²) >= 11 is 6.06. The Hall–Kier alpha value is -3.38. The van der Waals surface area contributed by atoms with Crippen LogP contribution in [-0.2, 0) is 11.3 Å². The molecule has 0 unspecified atom stereocenters. The van der Waals surface area contributed by atoms with E-state index in [9.17, 15) is 14.0 Å². The highest BCUT2D eigenvalue weighted by Gasteiger charge is 2.12. The van der Waals surface area contributed by atoms with Crippen molar-refractivity contribution in [2.45, 2.75) is 13.5 Å². The number of benzene rings is 3. The van der Waals surface area contributed by atoms with Crippen LogP contribution in [0.1, 0.15) is 33.2 Å². The lowest BCUT2D eigenvalue weighted by molar-refractivity contribution is 0.0526. The average molecular weight is 428 g/mol. The molecule has 0 heterocycles. The van der Waals surface area contributed by atoms with Crippen LogP contribution >= 0.6 is 11.6 Å². The fourth-order valence-electron chi connectivity index (χ4n) is 2.63. The van der Waals surface area contributed by atoms with E-state index in [0.717, 1.165) is 5.56 Å². The van der Waals surface area contributed by atoms with Crippen molar-refractivity contribution in [2.75, 3.05) is 11.9 Å². The molecule has 154 valence electrons. The molecule has 1 N–H and O–H groups in total. The quantitative estimate of drug-likeness (QED) is 0.506. The Morgan fingerprint density at radius 1 is 0.967 bits per heavy atom. The second-order valence-corrected chi connectivity index (χ2v) is 6.74. The third kappa shape index (κ3) is 5.58. The Kier molecular flexibility index (Phi) is 7.03. The van der Waals surface area contributed by atoms with E-state index in [0.29, 0.717) is 34.2 Å². The van der Waals surface area contributed by atoms with Crippen LogP contribution in [0, 0.1) is 5.82 Å². The first-order valence-corrected chi connectivity index (χ1v) is 9.59. The maximum absolute atomic E-state index is 13.1. The normalized spacial score (nSPS) is 10.4. The van der Waals surface area contributed by atoms with E-state index < -0.39 is 11.7 Å². The minimum atomic E-state index is -0.424. The van der Waals surface area contributed by atoms with Gasteiger partial charge in [-0.1, -0.05) is 23.7 Å². The van der Waals surface area contributed by atoms with E-state index in [1.807, 2.05) is 0 Å². The zero-order valence-corrected chi connectivity index (χ0v) is 16.9. The van der Waals surface area contributed by atoms with Crippen molar-refractivity contribution in [3.05, 3.63) is 94.3 Å². The van der Waals surface area contributed by atoms with Crippen LogP contribution in [0.15, 0.2) is 66.7 Å². The number of nitrogens with one attached hydrogen (secondary N) is 1. The summed E-state index contributed by atoms with van der Waals surface area (Å²) in [6, 6.07) is 16.9. The minimum absolute atomic E-state index is 0.212. The van der Waals surface area contributed by atoms with Crippen molar-refractivity contribution in [3.63, 3.8) is 0 Å². The Labute approximate surface area is 178 Å². The first-order valence-electron chi connectivity index (χ1n) is 9.21. The Morgan fingerprint density at radius 3 is 2.30 bits per heavy atom. The van der Waals surface area contributed by atoms with Gasteiger partial charge in [-0.05, 0) is 67.1 Å². The maximum atomic E-state index is 13.1. The fraction of sp³-hybridized carbons (Fsp3) is 0.130. The summed E-state index contributed by atoms with van der Waals surface area (Å²) in [5.74, 6) is -0.800. The van der Waals surface area contributed by atoms with Gasteiger partial charge >= 0.3 is 5.97 Å². The number of rotatable bonds is 7. The molecule has 0 aliphatic heterocycles. The second kappa shape index (κ2) is 9.89. The summed E-state index contributed by atoms with van der Waals surface area (Å²) in [5, 5.41) is 3.16. The van der Waals surface area contributed by atoms with Crippen molar-refractivity contribution in [1.82, 2.24) is 0 Å².